The van der Waals surface area contributed by atoms with E-state index in [4.69, 9.17) is 16.4 Å². The Morgan fingerprint density at radius 2 is 2.00 bits per heavy atom. The van der Waals surface area contributed by atoms with Crippen molar-refractivity contribution < 1.29 is 9.63 Å². The van der Waals surface area contributed by atoms with Gasteiger partial charge in [0.05, 0.1) is 11.4 Å². The second kappa shape index (κ2) is 8.62. The Kier molecular flexibility index (Phi) is 6.19. The minimum atomic E-state index is -0.608. The second-order valence-electron chi connectivity index (χ2n) is 7.18. The van der Waals surface area contributed by atoms with E-state index in [0.717, 1.165) is 17.1 Å². The monoisotopic (exact) mass is 430 g/mol. The van der Waals surface area contributed by atoms with Crippen molar-refractivity contribution in [1.29, 1.82) is 0 Å². The van der Waals surface area contributed by atoms with E-state index in [0.29, 0.717) is 27.0 Å². The number of carbonyl (C=O) groups excluding carboxylic acids is 1. The number of aryl methyl sites for hydroxylation is 1. The van der Waals surface area contributed by atoms with Gasteiger partial charge in [-0.25, -0.2) is 14.5 Å². The van der Waals surface area contributed by atoms with Crippen LogP contribution in [0.5, 0.6) is 0 Å². The highest BCUT2D eigenvalue weighted by Crippen LogP contribution is 2.27. The van der Waals surface area contributed by atoms with E-state index in [1.807, 2.05) is 39.0 Å². The third kappa shape index (κ3) is 5.12. The van der Waals surface area contributed by atoms with Crippen LogP contribution in [0.15, 0.2) is 42.1 Å². The number of aromatic nitrogens is 5. The van der Waals surface area contributed by atoms with Crippen LogP contribution in [0, 0.1) is 12.3 Å². The van der Waals surface area contributed by atoms with Crippen LogP contribution in [0.4, 0.5) is 0 Å². The zero-order valence-corrected chi connectivity index (χ0v) is 17.9. The van der Waals surface area contributed by atoms with E-state index in [1.165, 1.54) is 6.33 Å². The predicted molar refractivity (Wildman–Crippen MR) is 113 cm³/mol. The number of nitrogens with zero attached hydrogens (tertiary/aromatic N) is 6. The van der Waals surface area contributed by atoms with Gasteiger partial charge in [-0.1, -0.05) is 54.1 Å². The summed E-state index contributed by atoms with van der Waals surface area (Å²) < 4.78 is 5.33. The molecule has 3 rings (SSSR count). The average Bonchev–Trinajstić information content (AvgIpc) is 3.33. The van der Waals surface area contributed by atoms with Crippen molar-refractivity contribution in [2.24, 2.45) is 10.6 Å². The Balaban J connectivity index is 2.04. The van der Waals surface area contributed by atoms with Gasteiger partial charge in [-0.2, -0.15) is 5.10 Å². The first kappa shape index (κ1) is 20.8. The highest BCUT2D eigenvalue weighted by molar-refractivity contribution is 7.07. The summed E-state index contributed by atoms with van der Waals surface area (Å²) in [6.45, 7) is 7.58. The molecule has 0 saturated heterocycles. The molecule has 0 N–H and O–H groups in total. The van der Waals surface area contributed by atoms with Gasteiger partial charge in [0.25, 0.3) is 0 Å². The Hall–Kier alpha value is -2.91. The fourth-order valence-corrected chi connectivity index (χ4v) is 3.06. The molecule has 2 aromatic heterocycles. The van der Waals surface area contributed by atoms with Crippen molar-refractivity contribution in [3.05, 3.63) is 58.1 Å². The number of halogens is 1. The first-order chi connectivity index (χ1) is 13.8. The molecule has 2 heterocycles. The zero-order chi connectivity index (χ0) is 21.0. The maximum atomic E-state index is 12.4. The lowest BCUT2D eigenvalue weighted by Crippen LogP contribution is -2.25. The molecule has 0 aliphatic carbocycles. The maximum absolute atomic E-state index is 12.4. The quantitative estimate of drug-likeness (QED) is 0.339. The molecule has 0 amide bonds. The number of carbonyl (C=O) groups is 1. The van der Waals surface area contributed by atoms with E-state index in [2.05, 4.69) is 24.8 Å². The van der Waals surface area contributed by atoms with Gasteiger partial charge < -0.3 is 4.84 Å². The van der Waals surface area contributed by atoms with Crippen molar-refractivity contribution in [2.45, 2.75) is 27.7 Å². The van der Waals surface area contributed by atoms with Crippen LogP contribution in [0.2, 0.25) is 5.02 Å². The van der Waals surface area contributed by atoms with Crippen molar-refractivity contribution in [1.82, 2.24) is 24.4 Å². The molecule has 3 aromatic rings. The molecule has 0 aliphatic heterocycles. The number of oxime groups is 1. The van der Waals surface area contributed by atoms with Crippen LogP contribution in [-0.2, 0) is 4.84 Å². The van der Waals surface area contributed by atoms with Gasteiger partial charge in [0.15, 0.2) is 4.88 Å². The summed E-state index contributed by atoms with van der Waals surface area (Å²) in [5, 5.41) is 12.9. The summed E-state index contributed by atoms with van der Waals surface area (Å²) in [5.41, 5.74) is 2.04. The van der Waals surface area contributed by atoms with Gasteiger partial charge in [0.1, 0.15) is 18.4 Å². The molecule has 0 unspecified atom stereocenters. The lowest BCUT2D eigenvalue weighted by molar-refractivity contribution is 0.0518. The molecule has 0 saturated carbocycles. The number of hydrogen-bond acceptors (Lipinski definition) is 8. The number of benzene rings is 1. The highest BCUT2D eigenvalue weighted by atomic mass is 35.5. The molecular formula is C19H19ClN6O2S. The molecule has 0 aliphatic rings. The molecule has 0 bridgehead atoms. The van der Waals surface area contributed by atoms with Gasteiger partial charge in [-0.3, -0.25) is 0 Å². The smallest absolute Gasteiger partial charge is 0.311 e. The van der Waals surface area contributed by atoms with Gasteiger partial charge in [-0.15, -0.1) is 5.10 Å². The molecular weight excluding hydrogens is 412 g/mol. The van der Waals surface area contributed by atoms with E-state index >= 15 is 0 Å². The van der Waals surface area contributed by atoms with Gasteiger partial charge >= 0.3 is 5.97 Å². The highest BCUT2D eigenvalue weighted by Gasteiger charge is 2.27. The Bertz CT molecular complexity index is 1050. The summed E-state index contributed by atoms with van der Waals surface area (Å²) in [7, 11) is 0. The van der Waals surface area contributed by atoms with Gasteiger partial charge in [0, 0.05) is 10.4 Å². The molecule has 0 radical (unpaired) electrons. The van der Waals surface area contributed by atoms with Crippen LogP contribution in [0.1, 0.15) is 41.7 Å². The first-order valence-corrected chi connectivity index (χ1v) is 9.82. The SMILES string of the molecule is Cc1nnsc1C(=O)O/N=C(\C(=C\c1ccc(Cl)cc1)n1cncn1)C(C)(C)C. The average molecular weight is 431 g/mol. The van der Waals surface area contributed by atoms with E-state index < -0.39 is 11.4 Å². The van der Waals surface area contributed by atoms with E-state index in [9.17, 15) is 4.79 Å². The van der Waals surface area contributed by atoms with E-state index in [1.54, 1.807) is 30.1 Å². The Morgan fingerprint density at radius 1 is 1.28 bits per heavy atom. The van der Waals surface area contributed by atoms with Gasteiger partial charge in [-0.05, 0) is 42.2 Å². The Morgan fingerprint density at radius 3 is 2.55 bits per heavy atom. The molecule has 8 nitrogen and oxygen atoms in total. The fraction of sp³-hybridized carbons (Fsp3) is 0.263. The standard InChI is InChI=1S/C19H19ClN6O2S/c1-12-16(29-25-23-12)18(27)28-24-17(19(2,3)4)15(26-11-21-10-22-26)9-13-5-7-14(20)8-6-13/h5-11H,1-4H3/b15-9-,24-17+. The summed E-state index contributed by atoms with van der Waals surface area (Å²) in [5.74, 6) is -0.608. The second-order valence-corrected chi connectivity index (χ2v) is 8.37. The van der Waals surface area contributed by atoms with E-state index in [-0.39, 0.29) is 0 Å². The molecule has 10 heteroatoms. The van der Waals surface area contributed by atoms with Crippen molar-refractivity contribution in [3.8, 4) is 0 Å². The maximum Gasteiger partial charge on any atom is 0.379 e. The molecule has 150 valence electrons. The zero-order valence-electron chi connectivity index (χ0n) is 16.3. The van der Waals surface area contributed by atoms with Crippen LogP contribution in [0.3, 0.4) is 0 Å². The molecule has 0 fully saturated rings. The van der Waals surface area contributed by atoms with Crippen molar-refractivity contribution in [3.63, 3.8) is 0 Å². The summed E-state index contributed by atoms with van der Waals surface area (Å²) >= 11 is 6.96. The fourth-order valence-electron chi connectivity index (χ4n) is 2.41. The first-order valence-electron chi connectivity index (χ1n) is 8.67. The molecule has 0 atom stereocenters. The largest absolute Gasteiger partial charge is 0.379 e. The van der Waals surface area contributed by atoms with Crippen LogP contribution in [0.25, 0.3) is 11.8 Å². The third-order valence-corrected chi connectivity index (χ3v) is 4.91. The molecule has 0 spiro atoms. The minimum absolute atomic E-state index is 0.311. The molecule has 29 heavy (non-hydrogen) atoms. The number of allylic oxidation sites excluding steroid dienone is 1. The predicted octanol–water partition coefficient (Wildman–Crippen LogP) is 4.35. The van der Waals surface area contributed by atoms with Crippen molar-refractivity contribution >= 4 is 46.6 Å². The van der Waals surface area contributed by atoms with Crippen LogP contribution >= 0.6 is 23.1 Å². The third-order valence-electron chi connectivity index (χ3n) is 3.85. The van der Waals surface area contributed by atoms with Crippen LogP contribution < -0.4 is 0 Å². The van der Waals surface area contributed by atoms with Gasteiger partial charge in [0.2, 0.25) is 0 Å². The topological polar surface area (TPSA) is 95.2 Å². The lowest BCUT2D eigenvalue weighted by atomic mass is 9.87. The minimum Gasteiger partial charge on any atom is -0.311 e. The normalized spacial score (nSPS) is 12.9. The summed E-state index contributed by atoms with van der Waals surface area (Å²) in [6.07, 6.45) is 4.86. The summed E-state index contributed by atoms with van der Waals surface area (Å²) in [6, 6.07) is 7.33. The number of hydrogen-bond donors (Lipinski definition) is 0. The Labute approximate surface area is 177 Å². The van der Waals surface area contributed by atoms with Crippen LogP contribution in [-0.4, -0.2) is 36.0 Å². The molecule has 1 aromatic carbocycles. The number of rotatable bonds is 5. The summed E-state index contributed by atoms with van der Waals surface area (Å²) in [4.78, 5) is 22.0. The lowest BCUT2D eigenvalue weighted by Gasteiger charge is -2.22. The van der Waals surface area contributed by atoms with Crippen molar-refractivity contribution in [2.75, 3.05) is 0 Å².